The molecule has 3 nitrogen and oxygen atoms in total. The van der Waals surface area contributed by atoms with Crippen LogP contribution in [0, 0.1) is 5.41 Å². The monoisotopic (exact) mass is 330 g/mol. The van der Waals surface area contributed by atoms with Crippen LogP contribution in [0.3, 0.4) is 0 Å². The maximum atomic E-state index is 6.29. The van der Waals surface area contributed by atoms with Crippen LogP contribution < -0.4 is 5.32 Å². The number of nitrogens with zero attached hydrogens (tertiary/aromatic N) is 1. The zero-order valence-electron chi connectivity index (χ0n) is 12.5. The van der Waals surface area contributed by atoms with Crippen LogP contribution in [0.5, 0.6) is 0 Å². The summed E-state index contributed by atoms with van der Waals surface area (Å²) in [6.45, 7) is 8.56. The molecule has 2 aliphatic heterocycles. The highest BCUT2D eigenvalue weighted by atomic mass is 35.5. The van der Waals surface area contributed by atoms with Crippen LogP contribution in [-0.4, -0.2) is 44.2 Å². The van der Waals surface area contributed by atoms with Crippen LogP contribution in [0.1, 0.15) is 25.0 Å². The molecule has 21 heavy (non-hydrogen) atoms. The van der Waals surface area contributed by atoms with Crippen molar-refractivity contribution in [3.8, 4) is 0 Å². The Balaban J connectivity index is 0.00000161. The second kappa shape index (κ2) is 7.30. The third-order valence-electron chi connectivity index (χ3n) is 4.47. The predicted molar refractivity (Wildman–Crippen MR) is 89.4 cm³/mol. The van der Waals surface area contributed by atoms with Crippen LogP contribution in [-0.2, 0) is 4.74 Å². The third kappa shape index (κ3) is 4.11. The molecular weight excluding hydrogens is 307 g/mol. The smallest absolute Gasteiger partial charge is 0.0966 e. The summed E-state index contributed by atoms with van der Waals surface area (Å²) < 4.78 is 5.93. The van der Waals surface area contributed by atoms with Crippen LogP contribution in [0.15, 0.2) is 24.3 Å². The van der Waals surface area contributed by atoms with Crippen molar-refractivity contribution in [2.75, 3.05) is 39.3 Å². The highest BCUT2D eigenvalue weighted by Crippen LogP contribution is 2.31. The first-order valence-corrected chi connectivity index (χ1v) is 7.83. The quantitative estimate of drug-likeness (QED) is 0.921. The van der Waals surface area contributed by atoms with Crippen molar-refractivity contribution in [1.82, 2.24) is 10.2 Å². The van der Waals surface area contributed by atoms with Crippen molar-refractivity contribution in [2.24, 2.45) is 5.41 Å². The Hall–Kier alpha value is -0.320. The molecule has 118 valence electrons. The first-order valence-electron chi connectivity index (χ1n) is 7.45. The van der Waals surface area contributed by atoms with Crippen molar-refractivity contribution in [1.29, 1.82) is 0 Å². The van der Waals surface area contributed by atoms with Gasteiger partial charge in [0.1, 0.15) is 0 Å². The summed E-state index contributed by atoms with van der Waals surface area (Å²) in [5.74, 6) is 0. The van der Waals surface area contributed by atoms with Crippen LogP contribution in [0.25, 0.3) is 0 Å². The second-order valence-electron chi connectivity index (χ2n) is 6.35. The second-order valence-corrected chi connectivity index (χ2v) is 6.76. The molecule has 2 aliphatic rings. The summed E-state index contributed by atoms with van der Waals surface area (Å²) >= 11 is 6.29. The zero-order valence-corrected chi connectivity index (χ0v) is 14.1. The lowest BCUT2D eigenvalue weighted by atomic mass is 9.89. The number of nitrogens with one attached hydrogen (secondary N) is 1. The number of morpholine rings is 1. The lowest BCUT2D eigenvalue weighted by molar-refractivity contribution is -0.0400. The van der Waals surface area contributed by atoms with Gasteiger partial charge in [-0.2, -0.15) is 0 Å². The van der Waals surface area contributed by atoms with E-state index in [1.54, 1.807) is 0 Å². The summed E-state index contributed by atoms with van der Waals surface area (Å²) in [5, 5.41) is 4.29. The Morgan fingerprint density at radius 1 is 1.43 bits per heavy atom. The molecule has 1 N–H and O–H groups in total. The molecule has 0 amide bonds. The van der Waals surface area contributed by atoms with Gasteiger partial charge in [-0.1, -0.05) is 36.7 Å². The maximum Gasteiger partial charge on any atom is 0.0966 e. The minimum atomic E-state index is 0. The van der Waals surface area contributed by atoms with Gasteiger partial charge in [-0.3, -0.25) is 4.90 Å². The first kappa shape index (κ1) is 17.0. The van der Waals surface area contributed by atoms with E-state index in [1.165, 1.54) is 6.42 Å². The molecule has 0 spiro atoms. The minimum Gasteiger partial charge on any atom is -0.371 e. The molecular formula is C16H24Cl2N2O. The first-order chi connectivity index (χ1) is 9.66. The average Bonchev–Trinajstić information content (AvgIpc) is 2.86. The summed E-state index contributed by atoms with van der Waals surface area (Å²) in [4.78, 5) is 2.53. The molecule has 3 rings (SSSR count). The van der Waals surface area contributed by atoms with Crippen molar-refractivity contribution in [3.05, 3.63) is 34.9 Å². The predicted octanol–water partition coefficient (Wildman–Crippen LogP) is 3.13. The molecule has 0 saturated carbocycles. The van der Waals surface area contributed by atoms with Gasteiger partial charge >= 0.3 is 0 Å². The molecule has 5 heteroatoms. The molecule has 2 unspecified atom stereocenters. The molecule has 2 heterocycles. The molecule has 2 saturated heterocycles. The lowest BCUT2D eigenvalue weighted by Gasteiger charge is -2.38. The Kier molecular flexibility index (Phi) is 5.92. The van der Waals surface area contributed by atoms with Crippen LogP contribution >= 0.6 is 24.0 Å². The third-order valence-corrected chi connectivity index (χ3v) is 4.81. The fourth-order valence-corrected chi connectivity index (χ4v) is 3.57. The number of hydrogen-bond acceptors (Lipinski definition) is 3. The molecule has 0 bridgehead atoms. The number of benzene rings is 1. The Morgan fingerprint density at radius 3 is 2.95 bits per heavy atom. The van der Waals surface area contributed by atoms with Gasteiger partial charge in [-0.25, -0.2) is 0 Å². The fourth-order valence-electron chi connectivity index (χ4n) is 3.31. The van der Waals surface area contributed by atoms with E-state index < -0.39 is 0 Å². The number of hydrogen-bond donors (Lipinski definition) is 1. The van der Waals surface area contributed by atoms with Gasteiger partial charge in [0.2, 0.25) is 0 Å². The van der Waals surface area contributed by atoms with E-state index in [9.17, 15) is 0 Å². The average molecular weight is 331 g/mol. The van der Waals surface area contributed by atoms with Crippen molar-refractivity contribution < 1.29 is 4.74 Å². The highest BCUT2D eigenvalue weighted by Gasteiger charge is 2.33. The SMILES string of the molecule is CC1(CN2CCOC(c3ccccc3Cl)C2)CCNC1.Cl. The molecule has 1 aromatic carbocycles. The van der Waals surface area contributed by atoms with Crippen molar-refractivity contribution >= 4 is 24.0 Å². The Bertz CT molecular complexity index is 463. The normalized spacial score (nSPS) is 30.1. The summed E-state index contributed by atoms with van der Waals surface area (Å²) in [6.07, 6.45) is 1.37. The molecule has 2 atom stereocenters. The van der Waals surface area contributed by atoms with E-state index in [2.05, 4.69) is 23.2 Å². The molecule has 0 radical (unpaired) electrons. The molecule has 2 fully saturated rings. The van der Waals surface area contributed by atoms with Gasteiger partial charge < -0.3 is 10.1 Å². The Labute approximate surface area is 138 Å². The molecule has 0 aliphatic carbocycles. The van der Waals surface area contributed by atoms with Crippen LogP contribution in [0.2, 0.25) is 5.02 Å². The van der Waals surface area contributed by atoms with Gasteiger partial charge in [-0.15, -0.1) is 12.4 Å². The van der Waals surface area contributed by atoms with E-state index >= 15 is 0 Å². The summed E-state index contributed by atoms with van der Waals surface area (Å²) in [5.41, 5.74) is 1.52. The summed E-state index contributed by atoms with van der Waals surface area (Å²) in [7, 11) is 0. The highest BCUT2D eigenvalue weighted by molar-refractivity contribution is 6.31. The van der Waals surface area contributed by atoms with Crippen molar-refractivity contribution in [3.63, 3.8) is 0 Å². The van der Waals surface area contributed by atoms with E-state index in [4.69, 9.17) is 16.3 Å². The number of halogens is 2. The minimum absolute atomic E-state index is 0. The zero-order chi connectivity index (χ0) is 14.0. The number of ether oxygens (including phenoxy) is 1. The summed E-state index contributed by atoms with van der Waals surface area (Å²) in [6, 6.07) is 8.03. The van der Waals surface area contributed by atoms with E-state index in [0.29, 0.717) is 5.41 Å². The van der Waals surface area contributed by atoms with Gasteiger partial charge in [0.05, 0.1) is 12.7 Å². The van der Waals surface area contributed by atoms with E-state index in [1.807, 2.05) is 18.2 Å². The van der Waals surface area contributed by atoms with E-state index in [-0.39, 0.29) is 18.5 Å². The van der Waals surface area contributed by atoms with Gasteiger partial charge in [0.25, 0.3) is 0 Å². The molecule has 1 aromatic rings. The Morgan fingerprint density at radius 2 is 2.24 bits per heavy atom. The maximum absolute atomic E-state index is 6.29. The largest absolute Gasteiger partial charge is 0.371 e. The fraction of sp³-hybridized carbons (Fsp3) is 0.625. The topological polar surface area (TPSA) is 24.5 Å². The number of rotatable bonds is 3. The van der Waals surface area contributed by atoms with Gasteiger partial charge in [0.15, 0.2) is 0 Å². The standard InChI is InChI=1S/C16H23ClN2O.ClH/c1-16(6-7-18-11-16)12-19-8-9-20-15(10-19)13-4-2-3-5-14(13)17;/h2-5,15,18H,6-12H2,1H3;1H. The van der Waals surface area contributed by atoms with Gasteiger partial charge in [-0.05, 0) is 24.4 Å². The van der Waals surface area contributed by atoms with Gasteiger partial charge in [0, 0.05) is 36.8 Å². The van der Waals surface area contributed by atoms with Crippen molar-refractivity contribution in [2.45, 2.75) is 19.4 Å². The lowest BCUT2D eigenvalue weighted by Crippen LogP contribution is -2.44. The van der Waals surface area contributed by atoms with Crippen LogP contribution in [0.4, 0.5) is 0 Å². The molecule has 0 aromatic heterocycles. The van der Waals surface area contributed by atoms with E-state index in [0.717, 1.165) is 49.9 Å².